The molecule has 1 aliphatic rings. The van der Waals surface area contributed by atoms with Crippen molar-refractivity contribution in [1.82, 2.24) is 9.13 Å². The monoisotopic (exact) mass is 652 g/mol. The van der Waals surface area contributed by atoms with Crippen molar-refractivity contribution in [1.29, 1.82) is 0 Å². The van der Waals surface area contributed by atoms with Gasteiger partial charge in [0.25, 0.3) is 0 Å². The topological polar surface area (TPSA) is 23.0 Å². The minimum absolute atomic E-state index is 0.316. The van der Waals surface area contributed by atoms with Gasteiger partial charge in [-0.2, -0.15) is 0 Å². The van der Waals surface area contributed by atoms with E-state index in [4.69, 9.17) is 4.42 Å². The summed E-state index contributed by atoms with van der Waals surface area (Å²) in [6, 6.07) is 55.5. The van der Waals surface area contributed by atoms with Crippen molar-refractivity contribution < 1.29 is 4.42 Å². The quantitative estimate of drug-likeness (QED) is 0.186. The summed E-state index contributed by atoms with van der Waals surface area (Å²) in [7, 11) is 0. The number of nitrogens with zero attached hydrogens (tertiary/aromatic N) is 2. The highest BCUT2D eigenvalue weighted by Gasteiger charge is 2.19. The van der Waals surface area contributed by atoms with E-state index in [9.17, 15) is 0 Å². The van der Waals surface area contributed by atoms with Crippen LogP contribution >= 0.6 is 0 Å². The van der Waals surface area contributed by atoms with Crippen molar-refractivity contribution in [2.45, 2.75) is 12.5 Å². The maximum atomic E-state index is 6.24. The molecule has 0 amide bonds. The van der Waals surface area contributed by atoms with Crippen molar-refractivity contribution in [3.63, 3.8) is 0 Å². The fourth-order valence-electron chi connectivity index (χ4n) is 8.56. The van der Waals surface area contributed by atoms with Crippen LogP contribution in [0, 0.1) is 0 Å². The smallest absolute Gasteiger partial charge is 0.136 e. The van der Waals surface area contributed by atoms with Gasteiger partial charge in [-0.05, 0) is 89.3 Å². The molecule has 3 nitrogen and oxygen atoms in total. The van der Waals surface area contributed by atoms with Crippen LogP contribution in [0.2, 0.25) is 0 Å². The highest BCUT2D eigenvalue weighted by Crippen LogP contribution is 2.41. The van der Waals surface area contributed by atoms with E-state index in [1.807, 2.05) is 12.1 Å². The van der Waals surface area contributed by atoms with Crippen molar-refractivity contribution >= 4 is 65.6 Å². The lowest BCUT2D eigenvalue weighted by atomic mass is 9.99. The Balaban J connectivity index is 1.07. The molecule has 7 aromatic carbocycles. The minimum Gasteiger partial charge on any atom is -0.456 e. The van der Waals surface area contributed by atoms with Crippen LogP contribution in [-0.2, 0) is 0 Å². The molecule has 10 aromatic rings. The van der Waals surface area contributed by atoms with Gasteiger partial charge in [-0.3, -0.25) is 0 Å². The molecule has 240 valence electrons. The van der Waals surface area contributed by atoms with E-state index in [1.54, 1.807) is 0 Å². The SMILES string of the molecule is C1=CCC(n2c3ccccc3c3cc(-c4ccc5c(c4)c4ccccc4n5-c4cccc(-c5cccc6oc7ccccc7c56)c4)ccc32)C=C1. The summed E-state index contributed by atoms with van der Waals surface area (Å²) in [5, 5.41) is 7.39. The first-order chi connectivity index (χ1) is 25.3. The van der Waals surface area contributed by atoms with Crippen LogP contribution in [0.1, 0.15) is 12.5 Å². The standard InChI is InChI=1S/C48H32N2O/c1-2-13-34(14-3-1)49-42-20-7-4-16-37(42)40-29-31(24-26-44(40)49)32-25-27-45-41(30-32)38-17-5-8-21-43(38)50(45)35-15-10-12-33(28-35)36-19-11-23-47-48(36)39-18-6-9-22-46(39)51-47/h1-13,15-30,34H,14H2. The number of allylic oxidation sites excluding steroid dienone is 4. The lowest BCUT2D eigenvalue weighted by Gasteiger charge is -2.18. The molecule has 51 heavy (non-hydrogen) atoms. The summed E-state index contributed by atoms with van der Waals surface area (Å²) >= 11 is 0. The number of rotatable bonds is 4. The van der Waals surface area contributed by atoms with Gasteiger partial charge in [0.2, 0.25) is 0 Å². The van der Waals surface area contributed by atoms with Gasteiger partial charge < -0.3 is 13.6 Å². The molecule has 1 unspecified atom stereocenters. The van der Waals surface area contributed by atoms with E-state index in [1.165, 1.54) is 65.9 Å². The van der Waals surface area contributed by atoms with Gasteiger partial charge in [-0.15, -0.1) is 0 Å². The zero-order valence-electron chi connectivity index (χ0n) is 27.8. The Kier molecular flexibility index (Phi) is 6.08. The van der Waals surface area contributed by atoms with E-state index in [-0.39, 0.29) is 0 Å². The fourth-order valence-corrected chi connectivity index (χ4v) is 8.56. The second-order valence-electron chi connectivity index (χ2n) is 13.6. The number of benzene rings is 7. The summed E-state index contributed by atoms with van der Waals surface area (Å²) in [5.74, 6) is 0. The average molecular weight is 653 g/mol. The molecule has 3 heterocycles. The number of hydrogen-bond acceptors (Lipinski definition) is 1. The number of aromatic nitrogens is 2. The second kappa shape index (κ2) is 11.0. The van der Waals surface area contributed by atoms with Crippen LogP contribution in [0.3, 0.4) is 0 Å². The third-order valence-electron chi connectivity index (χ3n) is 10.8. The van der Waals surface area contributed by atoms with E-state index in [0.717, 1.165) is 34.0 Å². The highest BCUT2D eigenvalue weighted by molar-refractivity contribution is 6.14. The lowest BCUT2D eigenvalue weighted by Crippen LogP contribution is -2.06. The number of hydrogen-bond donors (Lipinski definition) is 0. The van der Waals surface area contributed by atoms with Gasteiger partial charge >= 0.3 is 0 Å². The van der Waals surface area contributed by atoms with E-state index >= 15 is 0 Å². The number of para-hydroxylation sites is 3. The minimum atomic E-state index is 0.316. The Morgan fingerprint density at radius 3 is 1.94 bits per heavy atom. The summed E-state index contributed by atoms with van der Waals surface area (Å²) in [4.78, 5) is 0. The first kappa shape index (κ1) is 28.3. The van der Waals surface area contributed by atoms with Crippen LogP contribution in [0.4, 0.5) is 0 Å². The van der Waals surface area contributed by atoms with E-state index in [0.29, 0.717) is 6.04 Å². The predicted octanol–water partition coefficient (Wildman–Crippen LogP) is 13.2. The average Bonchev–Trinajstić information content (AvgIpc) is 3.85. The Morgan fingerprint density at radius 2 is 1.12 bits per heavy atom. The molecule has 11 rings (SSSR count). The Hall–Kier alpha value is -6.58. The Morgan fingerprint density at radius 1 is 0.471 bits per heavy atom. The van der Waals surface area contributed by atoms with E-state index in [2.05, 4.69) is 173 Å². The van der Waals surface area contributed by atoms with Crippen LogP contribution in [0.15, 0.2) is 180 Å². The molecule has 0 saturated heterocycles. The van der Waals surface area contributed by atoms with Crippen molar-refractivity contribution in [2.24, 2.45) is 0 Å². The lowest BCUT2D eigenvalue weighted by molar-refractivity contribution is 0.648. The van der Waals surface area contributed by atoms with Crippen LogP contribution < -0.4 is 0 Å². The van der Waals surface area contributed by atoms with Crippen LogP contribution in [-0.4, -0.2) is 9.13 Å². The summed E-state index contributed by atoms with van der Waals surface area (Å²) in [6.45, 7) is 0. The molecule has 3 aromatic heterocycles. The van der Waals surface area contributed by atoms with Gasteiger partial charge in [-0.25, -0.2) is 0 Å². The summed E-state index contributed by atoms with van der Waals surface area (Å²) in [5.41, 5.74) is 12.7. The number of furan rings is 1. The maximum Gasteiger partial charge on any atom is 0.136 e. The Bertz CT molecular complexity index is 3070. The van der Waals surface area contributed by atoms with Gasteiger partial charge in [-0.1, -0.05) is 115 Å². The molecule has 0 aliphatic heterocycles. The van der Waals surface area contributed by atoms with Gasteiger partial charge in [0.1, 0.15) is 11.2 Å². The maximum absolute atomic E-state index is 6.24. The zero-order chi connectivity index (χ0) is 33.5. The zero-order valence-corrected chi connectivity index (χ0v) is 27.8. The third-order valence-corrected chi connectivity index (χ3v) is 10.8. The molecular formula is C48H32N2O. The fraction of sp³-hybridized carbons (Fsp3) is 0.0417. The summed E-state index contributed by atoms with van der Waals surface area (Å²) < 4.78 is 11.2. The molecule has 3 heteroatoms. The third kappa shape index (κ3) is 4.25. The van der Waals surface area contributed by atoms with Crippen LogP contribution in [0.5, 0.6) is 0 Å². The predicted molar refractivity (Wildman–Crippen MR) is 214 cm³/mol. The molecule has 0 N–H and O–H groups in total. The highest BCUT2D eigenvalue weighted by atomic mass is 16.3. The molecule has 1 atom stereocenters. The van der Waals surface area contributed by atoms with Crippen molar-refractivity contribution in [3.8, 4) is 27.9 Å². The van der Waals surface area contributed by atoms with E-state index < -0.39 is 0 Å². The van der Waals surface area contributed by atoms with Gasteiger partial charge in [0.15, 0.2) is 0 Å². The second-order valence-corrected chi connectivity index (χ2v) is 13.6. The molecule has 0 radical (unpaired) electrons. The largest absolute Gasteiger partial charge is 0.456 e. The molecule has 1 aliphatic carbocycles. The molecule has 0 fully saturated rings. The number of fused-ring (bicyclic) bond motifs is 9. The summed E-state index contributed by atoms with van der Waals surface area (Å²) in [6.07, 6.45) is 9.91. The van der Waals surface area contributed by atoms with Crippen molar-refractivity contribution in [2.75, 3.05) is 0 Å². The normalized spacial score (nSPS) is 14.6. The first-order valence-electron chi connectivity index (χ1n) is 17.7. The Labute approximate surface area is 294 Å². The van der Waals surface area contributed by atoms with Gasteiger partial charge in [0, 0.05) is 49.0 Å². The first-order valence-corrected chi connectivity index (χ1v) is 17.7. The van der Waals surface area contributed by atoms with Crippen LogP contribution in [0.25, 0.3) is 93.5 Å². The van der Waals surface area contributed by atoms with Crippen molar-refractivity contribution in [3.05, 3.63) is 176 Å². The molecule has 0 bridgehead atoms. The van der Waals surface area contributed by atoms with Gasteiger partial charge in [0.05, 0.1) is 17.1 Å². The molecular weight excluding hydrogens is 621 g/mol. The molecule has 0 saturated carbocycles. The molecule has 0 spiro atoms.